The summed E-state index contributed by atoms with van der Waals surface area (Å²) in [5.41, 5.74) is 3.50. The van der Waals surface area contributed by atoms with Crippen molar-refractivity contribution >= 4 is 58.0 Å². The van der Waals surface area contributed by atoms with E-state index < -0.39 is 5.91 Å². The average molecular weight is 478 g/mol. The maximum absolute atomic E-state index is 12.5. The summed E-state index contributed by atoms with van der Waals surface area (Å²) in [5.74, 6) is -0.219. The highest BCUT2D eigenvalue weighted by atomic mass is 35.5. The minimum absolute atomic E-state index is 0.158. The van der Waals surface area contributed by atoms with E-state index >= 15 is 0 Å². The van der Waals surface area contributed by atoms with Gasteiger partial charge in [-0.1, -0.05) is 46.9 Å². The fourth-order valence-electron chi connectivity index (χ4n) is 2.77. The Morgan fingerprint density at radius 1 is 0.903 bits per heavy atom. The van der Waals surface area contributed by atoms with E-state index in [1.54, 1.807) is 24.3 Å². The number of carbonyl (C=O) groups is 2. The molecule has 5 nitrogen and oxygen atoms in total. The summed E-state index contributed by atoms with van der Waals surface area (Å²) in [5, 5.41) is 6.34. The van der Waals surface area contributed by atoms with Gasteiger partial charge in [0.2, 0.25) is 0 Å². The van der Waals surface area contributed by atoms with E-state index in [0.717, 1.165) is 16.8 Å². The lowest BCUT2D eigenvalue weighted by atomic mass is 10.1. The van der Waals surface area contributed by atoms with E-state index in [1.807, 2.05) is 32.0 Å². The van der Waals surface area contributed by atoms with Crippen LogP contribution in [0.5, 0.6) is 5.75 Å². The third kappa shape index (κ3) is 5.91. The predicted octanol–water partition coefficient (Wildman–Crippen LogP) is 6.53. The van der Waals surface area contributed by atoms with E-state index in [1.165, 1.54) is 12.1 Å². The molecule has 0 radical (unpaired) electrons. The Labute approximate surface area is 195 Å². The van der Waals surface area contributed by atoms with Gasteiger partial charge in [0.05, 0.1) is 15.7 Å². The zero-order chi connectivity index (χ0) is 22.5. The van der Waals surface area contributed by atoms with Gasteiger partial charge in [0.1, 0.15) is 5.75 Å². The number of hydrogen-bond acceptors (Lipinski definition) is 3. The third-order valence-corrected chi connectivity index (χ3v) is 5.42. The number of hydrogen-bond donors (Lipinski definition) is 2. The molecule has 0 atom stereocenters. The molecule has 160 valence electrons. The minimum atomic E-state index is -0.398. The SMILES string of the molecule is Cc1cccc(NC(=O)COc2ccc(C(=O)Nc3c(Cl)cc(Cl)cc3Cl)cc2)c1C. The van der Waals surface area contributed by atoms with Gasteiger partial charge in [-0.3, -0.25) is 9.59 Å². The summed E-state index contributed by atoms with van der Waals surface area (Å²) in [4.78, 5) is 24.7. The van der Waals surface area contributed by atoms with Crippen LogP contribution in [0.25, 0.3) is 0 Å². The molecule has 0 spiro atoms. The van der Waals surface area contributed by atoms with Crippen molar-refractivity contribution in [1.29, 1.82) is 0 Å². The van der Waals surface area contributed by atoms with Crippen molar-refractivity contribution in [3.63, 3.8) is 0 Å². The van der Waals surface area contributed by atoms with Crippen LogP contribution in [0.3, 0.4) is 0 Å². The first-order valence-corrected chi connectivity index (χ1v) is 10.4. The Hall–Kier alpha value is -2.73. The molecule has 3 aromatic carbocycles. The van der Waals surface area contributed by atoms with E-state index in [9.17, 15) is 9.59 Å². The first kappa shape index (κ1) is 22.9. The Balaban J connectivity index is 1.58. The van der Waals surface area contributed by atoms with Crippen LogP contribution in [0.4, 0.5) is 11.4 Å². The van der Waals surface area contributed by atoms with Crippen LogP contribution in [-0.4, -0.2) is 18.4 Å². The van der Waals surface area contributed by atoms with Crippen LogP contribution in [0, 0.1) is 13.8 Å². The number of nitrogens with one attached hydrogen (secondary N) is 2. The molecule has 0 saturated heterocycles. The zero-order valence-corrected chi connectivity index (χ0v) is 19.0. The molecule has 0 saturated carbocycles. The maximum atomic E-state index is 12.5. The summed E-state index contributed by atoms with van der Waals surface area (Å²) in [6.07, 6.45) is 0. The van der Waals surface area contributed by atoms with Gasteiger partial charge in [-0.25, -0.2) is 0 Å². The Morgan fingerprint density at radius 3 is 2.19 bits per heavy atom. The molecular weight excluding hydrogens is 459 g/mol. The van der Waals surface area contributed by atoms with Crippen LogP contribution in [0.2, 0.25) is 15.1 Å². The number of benzene rings is 3. The summed E-state index contributed by atoms with van der Waals surface area (Å²) < 4.78 is 5.51. The summed E-state index contributed by atoms with van der Waals surface area (Å²) in [6.45, 7) is 3.77. The predicted molar refractivity (Wildman–Crippen MR) is 126 cm³/mol. The fraction of sp³-hybridized carbons (Fsp3) is 0.130. The smallest absolute Gasteiger partial charge is 0.262 e. The molecule has 0 aliphatic carbocycles. The molecule has 0 unspecified atom stereocenters. The van der Waals surface area contributed by atoms with E-state index in [2.05, 4.69) is 10.6 Å². The zero-order valence-electron chi connectivity index (χ0n) is 16.8. The molecule has 0 aliphatic rings. The van der Waals surface area contributed by atoms with Crippen molar-refractivity contribution < 1.29 is 14.3 Å². The Morgan fingerprint density at radius 2 is 1.55 bits per heavy atom. The second-order valence-electron chi connectivity index (χ2n) is 6.81. The standard InChI is InChI=1S/C23H19Cl3N2O3/c1-13-4-3-5-20(14(13)2)27-21(29)12-31-17-8-6-15(7-9-17)23(30)28-22-18(25)10-16(24)11-19(22)26/h3-11H,12H2,1-2H3,(H,27,29)(H,28,30). The molecule has 3 aromatic rings. The van der Waals surface area contributed by atoms with Crippen molar-refractivity contribution in [3.05, 3.63) is 86.4 Å². The highest BCUT2D eigenvalue weighted by Gasteiger charge is 2.13. The summed E-state index contributed by atoms with van der Waals surface area (Å²) >= 11 is 18.1. The fourth-order valence-corrected chi connectivity index (χ4v) is 3.68. The van der Waals surface area contributed by atoms with Crippen molar-refractivity contribution in [2.75, 3.05) is 17.2 Å². The van der Waals surface area contributed by atoms with Gasteiger partial charge in [-0.15, -0.1) is 0 Å². The van der Waals surface area contributed by atoms with Gasteiger partial charge in [-0.05, 0) is 67.4 Å². The number of carbonyl (C=O) groups excluding carboxylic acids is 2. The average Bonchev–Trinajstić information content (AvgIpc) is 2.72. The van der Waals surface area contributed by atoms with Crippen molar-refractivity contribution in [1.82, 2.24) is 0 Å². The van der Waals surface area contributed by atoms with Gasteiger partial charge in [0, 0.05) is 16.3 Å². The topological polar surface area (TPSA) is 67.4 Å². The maximum Gasteiger partial charge on any atom is 0.262 e. The van der Waals surface area contributed by atoms with E-state index in [4.69, 9.17) is 39.5 Å². The minimum Gasteiger partial charge on any atom is -0.484 e. The van der Waals surface area contributed by atoms with Gasteiger partial charge in [0.25, 0.3) is 11.8 Å². The van der Waals surface area contributed by atoms with Gasteiger partial charge < -0.3 is 15.4 Å². The summed E-state index contributed by atoms with van der Waals surface area (Å²) in [7, 11) is 0. The Kier molecular flexibility index (Phi) is 7.44. The molecule has 0 aliphatic heterocycles. The lowest BCUT2D eigenvalue weighted by Crippen LogP contribution is -2.20. The number of ether oxygens (including phenoxy) is 1. The van der Waals surface area contributed by atoms with Crippen LogP contribution < -0.4 is 15.4 Å². The number of halogens is 3. The quantitative estimate of drug-likeness (QED) is 0.424. The van der Waals surface area contributed by atoms with Crippen LogP contribution >= 0.6 is 34.8 Å². The van der Waals surface area contributed by atoms with Crippen molar-refractivity contribution in [2.45, 2.75) is 13.8 Å². The highest BCUT2D eigenvalue weighted by Crippen LogP contribution is 2.34. The van der Waals surface area contributed by atoms with Gasteiger partial charge >= 0.3 is 0 Å². The number of anilines is 2. The monoisotopic (exact) mass is 476 g/mol. The molecule has 0 heterocycles. The Bertz CT molecular complexity index is 1110. The van der Waals surface area contributed by atoms with Gasteiger partial charge in [0.15, 0.2) is 6.61 Å². The lowest BCUT2D eigenvalue weighted by molar-refractivity contribution is -0.118. The van der Waals surface area contributed by atoms with Crippen LogP contribution in [0.1, 0.15) is 21.5 Å². The first-order chi connectivity index (χ1) is 14.7. The number of amides is 2. The highest BCUT2D eigenvalue weighted by molar-refractivity contribution is 6.42. The molecule has 3 rings (SSSR count). The van der Waals surface area contributed by atoms with E-state index in [0.29, 0.717) is 16.3 Å². The molecule has 0 aromatic heterocycles. The van der Waals surface area contributed by atoms with Crippen molar-refractivity contribution in [2.24, 2.45) is 0 Å². The molecule has 8 heteroatoms. The van der Waals surface area contributed by atoms with E-state index in [-0.39, 0.29) is 28.2 Å². The number of aryl methyl sites for hydroxylation is 1. The molecule has 2 N–H and O–H groups in total. The third-order valence-electron chi connectivity index (χ3n) is 4.61. The number of rotatable bonds is 6. The second kappa shape index (κ2) is 10.1. The van der Waals surface area contributed by atoms with Crippen molar-refractivity contribution in [3.8, 4) is 5.75 Å². The normalized spacial score (nSPS) is 10.5. The van der Waals surface area contributed by atoms with Crippen LogP contribution in [-0.2, 0) is 4.79 Å². The molecule has 2 amide bonds. The first-order valence-electron chi connectivity index (χ1n) is 9.29. The second-order valence-corrected chi connectivity index (χ2v) is 8.06. The molecule has 31 heavy (non-hydrogen) atoms. The molecule has 0 fully saturated rings. The molecule has 0 bridgehead atoms. The lowest BCUT2D eigenvalue weighted by Gasteiger charge is -2.12. The van der Waals surface area contributed by atoms with Gasteiger partial charge in [-0.2, -0.15) is 0 Å². The van der Waals surface area contributed by atoms with Crippen LogP contribution in [0.15, 0.2) is 54.6 Å². The molecular formula is C23H19Cl3N2O3. The summed E-state index contributed by atoms with van der Waals surface area (Å²) in [6, 6.07) is 15.0. The largest absolute Gasteiger partial charge is 0.484 e.